The third kappa shape index (κ3) is 3.73. The summed E-state index contributed by atoms with van der Waals surface area (Å²) < 4.78 is 5.21. The van der Waals surface area contributed by atoms with Crippen LogP contribution in [0.5, 0.6) is 0 Å². The number of hydrogen-bond acceptors (Lipinski definition) is 4. The SMILES string of the molecule is COC(=O)C(C)(C)C1CCC2(C)C(CC=C3C4CC(C)(C)CCC4(CO)CCC32C)C1(C)CC(=O)O. The number of carboxylic acid groups (broad SMARTS) is 1. The highest BCUT2D eigenvalue weighted by Crippen LogP contribution is 2.74. The van der Waals surface area contributed by atoms with Gasteiger partial charge in [-0.05, 0) is 105 Å². The largest absolute Gasteiger partial charge is 0.481 e. The van der Waals surface area contributed by atoms with Crippen molar-refractivity contribution in [1.82, 2.24) is 0 Å². The number of aliphatic hydroxyl groups excluding tert-OH is 1. The van der Waals surface area contributed by atoms with Gasteiger partial charge in [-0.2, -0.15) is 0 Å². The van der Waals surface area contributed by atoms with Crippen molar-refractivity contribution >= 4 is 11.9 Å². The Kier molecular flexibility index (Phi) is 6.59. The first-order chi connectivity index (χ1) is 16.5. The summed E-state index contributed by atoms with van der Waals surface area (Å²) in [4.78, 5) is 25.2. The number of rotatable bonds is 5. The molecule has 3 saturated carbocycles. The van der Waals surface area contributed by atoms with E-state index in [1.807, 2.05) is 13.8 Å². The fourth-order valence-electron chi connectivity index (χ4n) is 10.2. The molecule has 5 nitrogen and oxygen atoms in total. The zero-order valence-corrected chi connectivity index (χ0v) is 24.0. The minimum atomic E-state index is -0.788. The molecule has 0 spiro atoms. The lowest BCUT2D eigenvalue weighted by molar-refractivity contribution is -0.190. The van der Waals surface area contributed by atoms with E-state index < -0.39 is 16.8 Å². The van der Waals surface area contributed by atoms with Gasteiger partial charge in [0.2, 0.25) is 0 Å². The normalized spacial score (nSPS) is 43.9. The molecule has 36 heavy (non-hydrogen) atoms. The van der Waals surface area contributed by atoms with Gasteiger partial charge in [-0.25, -0.2) is 0 Å². The van der Waals surface area contributed by atoms with Crippen LogP contribution in [0.3, 0.4) is 0 Å². The molecule has 7 atom stereocenters. The molecule has 3 fully saturated rings. The molecule has 2 N–H and O–H groups in total. The second-order valence-corrected chi connectivity index (χ2v) is 15.0. The van der Waals surface area contributed by atoms with Crippen molar-refractivity contribution in [1.29, 1.82) is 0 Å². The Labute approximate surface area is 218 Å². The first-order valence-corrected chi connectivity index (χ1v) is 14.1. The van der Waals surface area contributed by atoms with Gasteiger partial charge >= 0.3 is 11.9 Å². The summed E-state index contributed by atoms with van der Waals surface area (Å²) in [6, 6.07) is 0. The van der Waals surface area contributed by atoms with Gasteiger partial charge in [0.05, 0.1) is 18.9 Å². The van der Waals surface area contributed by atoms with Gasteiger partial charge in [-0.15, -0.1) is 0 Å². The van der Waals surface area contributed by atoms with Crippen molar-refractivity contribution in [2.75, 3.05) is 13.7 Å². The number of methoxy groups -OCH3 is 1. The molecule has 0 aliphatic heterocycles. The van der Waals surface area contributed by atoms with Gasteiger partial charge in [-0.3, -0.25) is 9.59 Å². The van der Waals surface area contributed by atoms with Crippen molar-refractivity contribution in [3.8, 4) is 0 Å². The van der Waals surface area contributed by atoms with E-state index >= 15 is 0 Å². The van der Waals surface area contributed by atoms with E-state index in [-0.39, 0.29) is 52.5 Å². The predicted octanol–water partition coefficient (Wildman–Crippen LogP) is 6.63. The molecule has 7 unspecified atom stereocenters. The van der Waals surface area contributed by atoms with Gasteiger partial charge < -0.3 is 14.9 Å². The number of carbonyl (C=O) groups excluding carboxylic acids is 1. The van der Waals surface area contributed by atoms with Crippen molar-refractivity contribution in [2.24, 2.45) is 50.2 Å². The predicted molar refractivity (Wildman–Crippen MR) is 141 cm³/mol. The van der Waals surface area contributed by atoms with Crippen LogP contribution in [0.1, 0.15) is 106 Å². The number of fused-ring (bicyclic) bond motifs is 5. The molecule has 4 rings (SSSR count). The van der Waals surface area contributed by atoms with E-state index in [1.165, 1.54) is 12.7 Å². The maximum atomic E-state index is 12.9. The lowest BCUT2D eigenvalue weighted by Gasteiger charge is -2.69. The van der Waals surface area contributed by atoms with E-state index in [0.29, 0.717) is 5.92 Å². The molecular weight excluding hydrogens is 452 g/mol. The molecule has 0 radical (unpaired) electrons. The molecular formula is C31H50O5. The van der Waals surface area contributed by atoms with Crippen molar-refractivity contribution in [3.63, 3.8) is 0 Å². The first-order valence-electron chi connectivity index (χ1n) is 14.1. The van der Waals surface area contributed by atoms with Crippen LogP contribution in [0.2, 0.25) is 0 Å². The average Bonchev–Trinajstić information content (AvgIpc) is 2.78. The summed E-state index contributed by atoms with van der Waals surface area (Å²) in [6.45, 7) is 15.9. The fourth-order valence-corrected chi connectivity index (χ4v) is 10.2. The van der Waals surface area contributed by atoms with Gasteiger partial charge in [0.1, 0.15) is 0 Å². The number of aliphatic hydroxyl groups is 1. The summed E-state index contributed by atoms with van der Waals surface area (Å²) in [7, 11) is 1.43. The minimum Gasteiger partial charge on any atom is -0.481 e. The molecule has 0 saturated heterocycles. The van der Waals surface area contributed by atoms with E-state index in [0.717, 1.165) is 51.4 Å². The molecule has 0 amide bonds. The number of ether oxygens (including phenoxy) is 1. The highest BCUT2D eigenvalue weighted by atomic mass is 16.5. The number of allylic oxidation sites excluding steroid dienone is 2. The van der Waals surface area contributed by atoms with Crippen LogP contribution in [-0.2, 0) is 14.3 Å². The molecule has 0 aromatic carbocycles. The Morgan fingerprint density at radius 2 is 1.69 bits per heavy atom. The molecule has 5 heteroatoms. The van der Waals surface area contributed by atoms with Gasteiger partial charge in [0.15, 0.2) is 0 Å². The van der Waals surface area contributed by atoms with E-state index in [9.17, 15) is 19.8 Å². The van der Waals surface area contributed by atoms with Crippen LogP contribution in [0.15, 0.2) is 11.6 Å². The smallest absolute Gasteiger partial charge is 0.311 e. The number of carbonyl (C=O) groups is 2. The number of hydrogen-bond donors (Lipinski definition) is 2. The highest BCUT2D eigenvalue weighted by Gasteiger charge is 2.68. The Balaban J connectivity index is 1.83. The van der Waals surface area contributed by atoms with E-state index in [2.05, 4.69) is 40.7 Å². The Morgan fingerprint density at radius 1 is 1.06 bits per heavy atom. The van der Waals surface area contributed by atoms with Crippen LogP contribution >= 0.6 is 0 Å². The third-order valence-corrected chi connectivity index (χ3v) is 12.5. The Hall–Kier alpha value is -1.36. The maximum Gasteiger partial charge on any atom is 0.311 e. The highest BCUT2D eigenvalue weighted by molar-refractivity contribution is 5.77. The first kappa shape index (κ1) is 27.7. The fraction of sp³-hybridized carbons (Fsp3) is 0.871. The van der Waals surface area contributed by atoms with Gasteiger partial charge in [0, 0.05) is 12.0 Å². The monoisotopic (exact) mass is 502 g/mol. The Morgan fingerprint density at radius 3 is 2.28 bits per heavy atom. The molecule has 0 bridgehead atoms. The lowest BCUT2D eigenvalue weighted by atomic mass is 9.34. The molecule has 0 aromatic rings. The van der Waals surface area contributed by atoms with Crippen molar-refractivity contribution in [2.45, 2.75) is 106 Å². The summed E-state index contributed by atoms with van der Waals surface area (Å²) in [5, 5.41) is 20.8. The van der Waals surface area contributed by atoms with E-state index in [4.69, 9.17) is 4.74 Å². The zero-order chi connectivity index (χ0) is 26.9. The number of aliphatic carboxylic acids is 1. The number of carboxylic acids is 1. The second kappa shape index (κ2) is 8.58. The van der Waals surface area contributed by atoms with Gasteiger partial charge in [-0.1, -0.05) is 46.3 Å². The molecule has 204 valence electrons. The standard InChI is InChI=1S/C31H50O5/c1-26(2)13-15-31(19-32)16-14-29(6)20(21(31)17-26)9-10-23-28(5,18-24(33)34)22(11-12-30(23,29)7)27(3,4)25(35)36-8/h9,21-23,32H,10-19H2,1-8H3,(H,33,34). The quantitative estimate of drug-likeness (QED) is 0.325. The summed E-state index contributed by atoms with van der Waals surface area (Å²) in [6.07, 6.45) is 10.6. The van der Waals surface area contributed by atoms with Crippen LogP contribution in [-0.4, -0.2) is 35.9 Å². The molecule has 0 heterocycles. The van der Waals surface area contributed by atoms with Crippen LogP contribution < -0.4 is 0 Å². The zero-order valence-electron chi connectivity index (χ0n) is 24.0. The molecule has 4 aliphatic carbocycles. The molecule has 4 aliphatic rings. The van der Waals surface area contributed by atoms with Crippen molar-refractivity contribution < 1.29 is 24.5 Å². The van der Waals surface area contributed by atoms with Crippen LogP contribution in [0.4, 0.5) is 0 Å². The minimum absolute atomic E-state index is 0.0154. The topological polar surface area (TPSA) is 83.8 Å². The van der Waals surface area contributed by atoms with E-state index in [1.54, 1.807) is 0 Å². The number of esters is 1. The second-order valence-electron chi connectivity index (χ2n) is 15.0. The lowest BCUT2D eigenvalue weighted by Crippen LogP contribution is -2.63. The summed E-state index contributed by atoms with van der Waals surface area (Å²) >= 11 is 0. The summed E-state index contributed by atoms with van der Waals surface area (Å²) in [5.41, 5.74) is 0.409. The Bertz CT molecular complexity index is 949. The molecule has 0 aromatic heterocycles. The van der Waals surface area contributed by atoms with Crippen LogP contribution in [0.25, 0.3) is 0 Å². The van der Waals surface area contributed by atoms with Gasteiger partial charge in [0.25, 0.3) is 0 Å². The van der Waals surface area contributed by atoms with Crippen LogP contribution in [0, 0.1) is 50.2 Å². The summed E-state index contributed by atoms with van der Waals surface area (Å²) in [5.74, 6) is -0.558. The maximum absolute atomic E-state index is 12.9. The van der Waals surface area contributed by atoms with Crippen molar-refractivity contribution in [3.05, 3.63) is 11.6 Å². The average molecular weight is 503 g/mol. The third-order valence-electron chi connectivity index (χ3n) is 12.5.